The van der Waals surface area contributed by atoms with E-state index in [1.165, 1.54) is 58.3 Å². The maximum atomic E-state index is 2.82. The Kier molecular flexibility index (Phi) is 5.70. The Bertz CT molecular complexity index is 262. The highest BCUT2D eigenvalue weighted by molar-refractivity contribution is 4.93. The van der Waals surface area contributed by atoms with Gasteiger partial charge in [-0.3, -0.25) is 9.80 Å². The van der Waals surface area contributed by atoms with Crippen molar-refractivity contribution in [2.75, 3.05) is 26.2 Å². The van der Waals surface area contributed by atoms with Gasteiger partial charge in [-0.2, -0.15) is 0 Å². The van der Waals surface area contributed by atoms with E-state index in [1.807, 2.05) is 0 Å². The fourth-order valence-electron chi connectivity index (χ4n) is 3.86. The molecule has 19 heavy (non-hydrogen) atoms. The van der Waals surface area contributed by atoms with Crippen LogP contribution in [-0.4, -0.2) is 48.1 Å². The van der Waals surface area contributed by atoms with E-state index < -0.39 is 0 Å². The lowest BCUT2D eigenvalue weighted by Crippen LogP contribution is -2.57. The highest BCUT2D eigenvalue weighted by Gasteiger charge is 2.36. The van der Waals surface area contributed by atoms with Crippen molar-refractivity contribution in [3.05, 3.63) is 0 Å². The Morgan fingerprint density at radius 3 is 2.53 bits per heavy atom. The van der Waals surface area contributed by atoms with E-state index in [1.54, 1.807) is 0 Å². The fourth-order valence-corrected chi connectivity index (χ4v) is 3.86. The summed E-state index contributed by atoms with van der Waals surface area (Å²) in [4.78, 5) is 5.58. The SMILES string of the molecule is CC(C)CCCCN1CC2CCCN2CC1C(C)C. The number of piperazine rings is 1. The van der Waals surface area contributed by atoms with Gasteiger partial charge in [0, 0.05) is 25.2 Å². The third-order valence-corrected chi connectivity index (χ3v) is 5.08. The minimum absolute atomic E-state index is 0.798. The first-order valence-corrected chi connectivity index (χ1v) is 8.56. The zero-order valence-corrected chi connectivity index (χ0v) is 13.6. The van der Waals surface area contributed by atoms with Crippen molar-refractivity contribution in [1.29, 1.82) is 0 Å². The highest BCUT2D eigenvalue weighted by Crippen LogP contribution is 2.27. The minimum Gasteiger partial charge on any atom is -0.298 e. The van der Waals surface area contributed by atoms with Crippen molar-refractivity contribution in [1.82, 2.24) is 9.80 Å². The van der Waals surface area contributed by atoms with Crippen LogP contribution in [0.25, 0.3) is 0 Å². The molecule has 0 saturated carbocycles. The summed E-state index contributed by atoms with van der Waals surface area (Å²) in [7, 11) is 0. The summed E-state index contributed by atoms with van der Waals surface area (Å²) in [6.07, 6.45) is 7.07. The summed E-state index contributed by atoms with van der Waals surface area (Å²) in [5.41, 5.74) is 0. The van der Waals surface area contributed by atoms with Gasteiger partial charge >= 0.3 is 0 Å². The van der Waals surface area contributed by atoms with Crippen molar-refractivity contribution >= 4 is 0 Å². The van der Waals surface area contributed by atoms with Crippen molar-refractivity contribution in [2.24, 2.45) is 11.8 Å². The van der Waals surface area contributed by atoms with Gasteiger partial charge in [0.2, 0.25) is 0 Å². The lowest BCUT2D eigenvalue weighted by atomic mass is 9.96. The predicted molar refractivity (Wildman–Crippen MR) is 83.5 cm³/mol. The lowest BCUT2D eigenvalue weighted by Gasteiger charge is -2.45. The first-order chi connectivity index (χ1) is 9.08. The molecular formula is C17H34N2. The van der Waals surface area contributed by atoms with Crippen LogP contribution in [0.1, 0.15) is 59.8 Å². The van der Waals surface area contributed by atoms with E-state index in [9.17, 15) is 0 Å². The van der Waals surface area contributed by atoms with E-state index in [0.29, 0.717) is 0 Å². The molecule has 2 fully saturated rings. The van der Waals surface area contributed by atoms with Crippen molar-refractivity contribution in [3.8, 4) is 0 Å². The van der Waals surface area contributed by atoms with Gasteiger partial charge in [-0.25, -0.2) is 0 Å². The fraction of sp³-hybridized carbons (Fsp3) is 1.00. The van der Waals surface area contributed by atoms with E-state index in [0.717, 1.165) is 23.9 Å². The van der Waals surface area contributed by atoms with Crippen molar-refractivity contribution in [2.45, 2.75) is 71.9 Å². The Balaban J connectivity index is 1.81. The maximum Gasteiger partial charge on any atom is 0.0246 e. The summed E-state index contributed by atoms with van der Waals surface area (Å²) in [5, 5.41) is 0. The van der Waals surface area contributed by atoms with Crippen LogP contribution in [0.3, 0.4) is 0 Å². The molecule has 2 aliphatic heterocycles. The zero-order valence-electron chi connectivity index (χ0n) is 13.6. The standard InChI is InChI=1S/C17H34N2/c1-14(2)8-5-6-10-19-12-16-9-7-11-18(16)13-17(19)15(3)4/h14-17H,5-13H2,1-4H3. The van der Waals surface area contributed by atoms with E-state index in [4.69, 9.17) is 0 Å². The van der Waals surface area contributed by atoms with Gasteiger partial charge in [-0.1, -0.05) is 40.5 Å². The highest BCUT2D eigenvalue weighted by atomic mass is 15.3. The number of unbranched alkanes of at least 4 members (excludes halogenated alkanes) is 1. The van der Waals surface area contributed by atoms with Gasteiger partial charge in [0.05, 0.1) is 0 Å². The first kappa shape index (κ1) is 15.3. The summed E-state index contributed by atoms with van der Waals surface area (Å²) < 4.78 is 0. The van der Waals surface area contributed by atoms with E-state index >= 15 is 0 Å². The smallest absolute Gasteiger partial charge is 0.0246 e. The van der Waals surface area contributed by atoms with E-state index in [-0.39, 0.29) is 0 Å². The molecule has 2 aliphatic rings. The summed E-state index contributed by atoms with van der Waals surface area (Å²) >= 11 is 0. The maximum absolute atomic E-state index is 2.82. The zero-order chi connectivity index (χ0) is 13.8. The third kappa shape index (κ3) is 4.19. The van der Waals surface area contributed by atoms with Crippen LogP contribution in [0.2, 0.25) is 0 Å². The van der Waals surface area contributed by atoms with Crippen LogP contribution in [0.4, 0.5) is 0 Å². The average molecular weight is 266 g/mol. The summed E-state index contributed by atoms with van der Waals surface area (Å²) in [5.74, 6) is 1.67. The molecule has 0 bridgehead atoms. The van der Waals surface area contributed by atoms with Gasteiger partial charge in [0.25, 0.3) is 0 Å². The lowest BCUT2D eigenvalue weighted by molar-refractivity contribution is 0.0282. The minimum atomic E-state index is 0.798. The van der Waals surface area contributed by atoms with Gasteiger partial charge in [0.15, 0.2) is 0 Å². The number of nitrogens with zero attached hydrogens (tertiary/aromatic N) is 2. The number of fused-ring (bicyclic) bond motifs is 1. The molecule has 2 saturated heterocycles. The molecule has 0 aliphatic carbocycles. The molecular weight excluding hydrogens is 232 g/mol. The molecule has 0 radical (unpaired) electrons. The van der Waals surface area contributed by atoms with Crippen molar-refractivity contribution in [3.63, 3.8) is 0 Å². The van der Waals surface area contributed by atoms with Crippen LogP contribution >= 0.6 is 0 Å². The van der Waals surface area contributed by atoms with Gasteiger partial charge in [-0.05, 0) is 44.2 Å². The van der Waals surface area contributed by atoms with E-state index in [2.05, 4.69) is 37.5 Å². The summed E-state index contributed by atoms with van der Waals surface area (Å²) in [6.45, 7) is 14.8. The molecule has 0 aromatic carbocycles. The average Bonchev–Trinajstić information content (AvgIpc) is 2.80. The van der Waals surface area contributed by atoms with Crippen LogP contribution in [0, 0.1) is 11.8 Å². The molecule has 0 N–H and O–H groups in total. The quantitative estimate of drug-likeness (QED) is 0.678. The molecule has 0 amide bonds. The van der Waals surface area contributed by atoms with Crippen LogP contribution in [0.5, 0.6) is 0 Å². The Hall–Kier alpha value is -0.0800. The first-order valence-electron chi connectivity index (χ1n) is 8.56. The van der Waals surface area contributed by atoms with Crippen LogP contribution < -0.4 is 0 Å². The molecule has 2 heterocycles. The molecule has 2 nitrogen and oxygen atoms in total. The monoisotopic (exact) mass is 266 g/mol. The Labute approximate surface area is 120 Å². The number of hydrogen-bond donors (Lipinski definition) is 0. The topological polar surface area (TPSA) is 6.48 Å². The molecule has 2 rings (SSSR count). The largest absolute Gasteiger partial charge is 0.298 e. The molecule has 0 aromatic heterocycles. The molecule has 2 unspecified atom stereocenters. The van der Waals surface area contributed by atoms with Gasteiger partial charge < -0.3 is 0 Å². The number of rotatable bonds is 6. The van der Waals surface area contributed by atoms with Crippen molar-refractivity contribution < 1.29 is 0 Å². The van der Waals surface area contributed by atoms with Gasteiger partial charge in [-0.15, -0.1) is 0 Å². The van der Waals surface area contributed by atoms with Crippen LogP contribution in [0.15, 0.2) is 0 Å². The normalized spacial score (nSPS) is 29.4. The molecule has 2 heteroatoms. The predicted octanol–water partition coefficient (Wildman–Crippen LogP) is 3.62. The second-order valence-electron chi connectivity index (χ2n) is 7.49. The molecule has 0 spiro atoms. The Morgan fingerprint density at radius 1 is 1.05 bits per heavy atom. The third-order valence-electron chi connectivity index (χ3n) is 5.08. The molecule has 0 aromatic rings. The van der Waals surface area contributed by atoms with Crippen LogP contribution in [-0.2, 0) is 0 Å². The Morgan fingerprint density at radius 2 is 1.84 bits per heavy atom. The second-order valence-corrected chi connectivity index (χ2v) is 7.49. The molecule has 112 valence electrons. The van der Waals surface area contributed by atoms with Gasteiger partial charge in [0.1, 0.15) is 0 Å². The molecule has 2 atom stereocenters. The summed E-state index contributed by atoms with van der Waals surface area (Å²) in [6, 6.07) is 1.67. The second kappa shape index (κ2) is 7.08. The number of hydrogen-bond acceptors (Lipinski definition) is 2.